The number of hydrogen-bond acceptors (Lipinski definition) is 5. The molecule has 1 atom stereocenters. The number of para-hydroxylation sites is 1. The first-order chi connectivity index (χ1) is 17.1. The van der Waals surface area contributed by atoms with Crippen LogP contribution in [0.5, 0.6) is 5.75 Å². The van der Waals surface area contributed by atoms with Gasteiger partial charge in [-0.2, -0.15) is 9.78 Å². The number of fused-ring (bicyclic) bond motifs is 2. The number of aryl methyl sites for hydroxylation is 2. The van der Waals surface area contributed by atoms with E-state index in [9.17, 15) is 4.79 Å². The van der Waals surface area contributed by atoms with E-state index in [0.717, 1.165) is 37.9 Å². The zero-order chi connectivity index (χ0) is 23.9. The second-order valence-electron chi connectivity index (χ2n) is 8.81. The maximum absolute atomic E-state index is 12.7. The van der Waals surface area contributed by atoms with Gasteiger partial charge in [-0.1, -0.05) is 59.9 Å². The number of carbonyl (C=O) groups is 1. The van der Waals surface area contributed by atoms with E-state index < -0.39 is 0 Å². The largest absolute Gasteiger partial charge is 0.489 e. The summed E-state index contributed by atoms with van der Waals surface area (Å²) in [6.45, 7) is 4.60. The summed E-state index contributed by atoms with van der Waals surface area (Å²) in [4.78, 5) is 17.5. The number of amides is 1. The fraction of sp³-hybridized carbons (Fsp3) is 0.179. The van der Waals surface area contributed by atoms with E-state index in [4.69, 9.17) is 14.8 Å². The Morgan fingerprint density at radius 3 is 2.60 bits per heavy atom. The van der Waals surface area contributed by atoms with Crippen LogP contribution in [-0.4, -0.2) is 20.7 Å². The summed E-state index contributed by atoms with van der Waals surface area (Å²) < 4.78 is 8.88. The number of rotatable bonds is 5. The number of hydrogen-bond donors (Lipinski definition) is 1. The van der Waals surface area contributed by atoms with Crippen molar-refractivity contribution in [2.24, 2.45) is 0 Å². The summed E-state index contributed by atoms with van der Waals surface area (Å²) in [6.07, 6.45) is 0.378. The van der Waals surface area contributed by atoms with E-state index in [0.29, 0.717) is 18.8 Å². The molecular weight excluding hydrogens is 456 g/mol. The molecule has 1 aliphatic heterocycles. The van der Waals surface area contributed by atoms with Crippen molar-refractivity contribution >= 4 is 33.3 Å². The zero-order valence-electron chi connectivity index (χ0n) is 19.5. The molecule has 1 unspecified atom stereocenters. The highest BCUT2D eigenvalue weighted by Crippen LogP contribution is 2.41. The summed E-state index contributed by atoms with van der Waals surface area (Å²) >= 11 is 1.56. The van der Waals surface area contributed by atoms with E-state index in [1.807, 2.05) is 55.5 Å². The molecule has 0 spiro atoms. The minimum absolute atomic E-state index is 0.0235. The molecule has 1 aliphatic rings. The highest BCUT2D eigenvalue weighted by atomic mass is 32.1. The van der Waals surface area contributed by atoms with E-state index in [1.165, 1.54) is 11.1 Å². The lowest BCUT2D eigenvalue weighted by Gasteiger charge is -2.24. The second-order valence-corrected chi connectivity index (χ2v) is 9.82. The predicted molar refractivity (Wildman–Crippen MR) is 139 cm³/mol. The first-order valence-electron chi connectivity index (χ1n) is 11.6. The van der Waals surface area contributed by atoms with Gasteiger partial charge in [-0.25, -0.2) is 4.98 Å². The first-order valence-corrected chi connectivity index (χ1v) is 12.4. The normalized spacial score (nSPS) is 15.1. The maximum atomic E-state index is 12.7. The van der Waals surface area contributed by atoms with Gasteiger partial charge in [-0.15, -0.1) is 0 Å². The van der Waals surface area contributed by atoms with Crippen LogP contribution in [0.25, 0.3) is 15.3 Å². The van der Waals surface area contributed by atoms with Crippen molar-refractivity contribution in [3.63, 3.8) is 0 Å². The molecule has 174 valence electrons. The van der Waals surface area contributed by atoms with Crippen LogP contribution < -0.4 is 10.1 Å². The number of anilines is 1. The second kappa shape index (κ2) is 8.67. The van der Waals surface area contributed by atoms with Crippen LogP contribution in [0, 0.1) is 13.8 Å². The lowest BCUT2D eigenvalue weighted by Crippen LogP contribution is -2.24. The van der Waals surface area contributed by atoms with Crippen molar-refractivity contribution in [1.29, 1.82) is 0 Å². The number of carbonyl (C=O) groups excluding carboxylic acids is 1. The molecule has 2 aromatic heterocycles. The Bertz CT molecular complexity index is 1520. The van der Waals surface area contributed by atoms with Crippen LogP contribution in [0.15, 0.2) is 72.8 Å². The zero-order valence-corrected chi connectivity index (χ0v) is 20.3. The van der Waals surface area contributed by atoms with E-state index >= 15 is 0 Å². The average Bonchev–Trinajstić information content (AvgIpc) is 3.44. The summed E-state index contributed by atoms with van der Waals surface area (Å²) in [6, 6.07) is 24.3. The SMILES string of the molecule is Cc1ccccc1COc1ccc(C2CC(=O)Nc3c2c(C)nn3-c2nc3ccccc3s2)cc1. The van der Waals surface area contributed by atoms with Crippen molar-refractivity contribution in [1.82, 2.24) is 14.8 Å². The minimum Gasteiger partial charge on any atom is -0.489 e. The lowest BCUT2D eigenvalue weighted by atomic mass is 9.86. The van der Waals surface area contributed by atoms with E-state index in [1.54, 1.807) is 16.0 Å². The standard InChI is InChI=1S/C28H24N4O2S/c1-17-7-3-4-8-20(17)16-34-21-13-11-19(12-14-21)22-15-25(33)30-27-26(22)18(2)31-32(27)28-29-23-9-5-6-10-24(23)35-28/h3-14,22H,15-16H2,1-2H3,(H,30,33). The third-order valence-electron chi connectivity index (χ3n) is 6.50. The van der Waals surface area contributed by atoms with Crippen LogP contribution >= 0.6 is 11.3 Å². The molecule has 3 aromatic carbocycles. The average molecular weight is 481 g/mol. The van der Waals surface area contributed by atoms with Crippen LogP contribution in [0.4, 0.5) is 5.82 Å². The van der Waals surface area contributed by atoms with E-state index in [-0.39, 0.29) is 11.8 Å². The Morgan fingerprint density at radius 2 is 1.80 bits per heavy atom. The quantitative estimate of drug-likeness (QED) is 0.327. The molecule has 0 fully saturated rings. The molecule has 6 rings (SSSR count). The number of nitrogens with zero attached hydrogens (tertiary/aromatic N) is 3. The van der Waals surface area contributed by atoms with Gasteiger partial charge in [0.15, 0.2) is 0 Å². The van der Waals surface area contributed by atoms with Gasteiger partial charge in [0, 0.05) is 17.9 Å². The Morgan fingerprint density at radius 1 is 1.03 bits per heavy atom. The molecule has 0 bridgehead atoms. The first kappa shape index (κ1) is 21.6. The topological polar surface area (TPSA) is 69.0 Å². The Kier molecular flexibility index (Phi) is 5.34. The van der Waals surface area contributed by atoms with Gasteiger partial charge >= 0.3 is 0 Å². The van der Waals surface area contributed by atoms with Crippen LogP contribution in [-0.2, 0) is 11.4 Å². The Balaban J connectivity index is 1.30. The molecular formula is C28H24N4O2S. The number of aromatic nitrogens is 3. The molecule has 6 nitrogen and oxygen atoms in total. The summed E-state index contributed by atoms with van der Waals surface area (Å²) in [5.74, 6) is 1.42. The van der Waals surface area contributed by atoms with Gasteiger partial charge in [0.2, 0.25) is 11.0 Å². The third-order valence-corrected chi connectivity index (χ3v) is 7.52. The van der Waals surface area contributed by atoms with Crippen molar-refractivity contribution < 1.29 is 9.53 Å². The molecule has 1 N–H and O–H groups in total. The van der Waals surface area contributed by atoms with Crippen molar-refractivity contribution in [2.45, 2.75) is 32.8 Å². The molecule has 7 heteroatoms. The lowest BCUT2D eigenvalue weighted by molar-refractivity contribution is -0.116. The Hall–Kier alpha value is -3.97. The van der Waals surface area contributed by atoms with E-state index in [2.05, 4.69) is 36.5 Å². The summed E-state index contributed by atoms with van der Waals surface area (Å²) in [7, 11) is 0. The highest BCUT2D eigenvalue weighted by molar-refractivity contribution is 7.20. The van der Waals surface area contributed by atoms with Crippen LogP contribution in [0.3, 0.4) is 0 Å². The maximum Gasteiger partial charge on any atom is 0.226 e. The predicted octanol–water partition coefficient (Wildman–Crippen LogP) is 6.15. The summed E-state index contributed by atoms with van der Waals surface area (Å²) in [5, 5.41) is 8.58. The molecule has 5 aromatic rings. The van der Waals surface area contributed by atoms with Gasteiger partial charge in [0.25, 0.3) is 0 Å². The van der Waals surface area contributed by atoms with Gasteiger partial charge in [-0.05, 0) is 54.8 Å². The van der Waals surface area contributed by atoms with Gasteiger partial charge in [0.05, 0.1) is 15.9 Å². The number of thiazole rings is 1. The molecule has 3 heterocycles. The number of benzene rings is 3. The Labute approximate surface area is 207 Å². The summed E-state index contributed by atoms with van der Waals surface area (Å²) in [5.41, 5.74) is 6.31. The number of ether oxygens (including phenoxy) is 1. The fourth-order valence-electron chi connectivity index (χ4n) is 4.65. The molecule has 0 aliphatic carbocycles. The van der Waals surface area contributed by atoms with Crippen molar-refractivity contribution in [2.75, 3.05) is 5.32 Å². The van der Waals surface area contributed by atoms with Gasteiger partial charge in [0.1, 0.15) is 18.2 Å². The molecule has 35 heavy (non-hydrogen) atoms. The van der Waals surface area contributed by atoms with Gasteiger partial charge in [-0.3, -0.25) is 4.79 Å². The van der Waals surface area contributed by atoms with Crippen LogP contribution in [0.2, 0.25) is 0 Å². The smallest absolute Gasteiger partial charge is 0.226 e. The van der Waals surface area contributed by atoms with Gasteiger partial charge < -0.3 is 10.1 Å². The fourth-order valence-corrected chi connectivity index (χ4v) is 5.57. The molecule has 1 amide bonds. The van der Waals surface area contributed by atoms with Crippen molar-refractivity contribution in [3.8, 4) is 10.9 Å². The van der Waals surface area contributed by atoms with Crippen molar-refractivity contribution in [3.05, 3.63) is 101 Å². The minimum atomic E-state index is -0.0766. The highest BCUT2D eigenvalue weighted by Gasteiger charge is 2.33. The van der Waals surface area contributed by atoms with Crippen LogP contribution in [0.1, 0.15) is 40.3 Å². The molecule has 0 saturated carbocycles. The monoisotopic (exact) mass is 480 g/mol. The third kappa shape index (κ3) is 3.98. The molecule has 0 radical (unpaired) electrons. The number of nitrogens with one attached hydrogen (secondary N) is 1. The molecule has 0 saturated heterocycles.